The van der Waals surface area contributed by atoms with E-state index in [0.29, 0.717) is 12.0 Å². The number of benzene rings is 1. The molecule has 0 bridgehead atoms. The predicted molar refractivity (Wildman–Crippen MR) is 65.2 cm³/mol. The Kier molecular flexibility index (Phi) is 5.30. The van der Waals surface area contributed by atoms with E-state index in [2.05, 4.69) is 10.1 Å². The quantitative estimate of drug-likeness (QED) is 0.649. The molecule has 18 heavy (non-hydrogen) atoms. The van der Waals surface area contributed by atoms with Crippen molar-refractivity contribution in [2.24, 2.45) is 0 Å². The average Bonchev–Trinajstić information content (AvgIpc) is 2.37. The van der Waals surface area contributed by atoms with Gasteiger partial charge in [-0.2, -0.15) is 0 Å². The zero-order valence-electron chi connectivity index (χ0n) is 10.3. The maximum Gasteiger partial charge on any atom is 0.333 e. The van der Waals surface area contributed by atoms with Gasteiger partial charge in [0, 0.05) is 12.1 Å². The molecule has 0 spiro atoms. The summed E-state index contributed by atoms with van der Waals surface area (Å²) in [6, 6.07) is 3.15. The Morgan fingerprint density at radius 1 is 1.44 bits per heavy atom. The highest BCUT2D eigenvalue weighted by molar-refractivity contribution is 5.88. The third-order valence-electron chi connectivity index (χ3n) is 2.40. The highest BCUT2D eigenvalue weighted by atomic mass is 19.1. The number of methoxy groups -OCH3 is 1. The number of ether oxygens (including phenoxy) is 1. The minimum Gasteiger partial charge on any atom is -0.466 e. The van der Waals surface area contributed by atoms with Crippen molar-refractivity contribution >= 4 is 11.7 Å². The molecule has 0 aliphatic carbocycles. The molecular weight excluding hydrogens is 240 g/mol. The summed E-state index contributed by atoms with van der Waals surface area (Å²) in [5.74, 6) is -1.48. The first-order valence-corrected chi connectivity index (χ1v) is 5.54. The summed E-state index contributed by atoms with van der Waals surface area (Å²) in [7, 11) is 1.30. The zero-order valence-corrected chi connectivity index (χ0v) is 10.3. The molecule has 0 atom stereocenters. The SMILES string of the molecule is CC/C(=C/CNc1cc(F)ccc1F)C(=O)OC. The number of esters is 1. The second-order valence-electron chi connectivity index (χ2n) is 3.58. The van der Waals surface area contributed by atoms with E-state index in [9.17, 15) is 13.6 Å². The fraction of sp³-hybridized carbons (Fsp3) is 0.308. The van der Waals surface area contributed by atoms with E-state index in [1.807, 2.05) is 6.92 Å². The Bertz CT molecular complexity index is 458. The summed E-state index contributed by atoms with van der Waals surface area (Å²) in [5, 5.41) is 2.70. The second-order valence-corrected chi connectivity index (χ2v) is 3.58. The Hall–Kier alpha value is -1.91. The Morgan fingerprint density at radius 3 is 2.78 bits per heavy atom. The number of rotatable bonds is 5. The van der Waals surface area contributed by atoms with E-state index in [1.54, 1.807) is 6.08 Å². The summed E-state index contributed by atoms with van der Waals surface area (Å²) in [5.41, 5.74) is 0.549. The molecule has 1 N–H and O–H groups in total. The van der Waals surface area contributed by atoms with E-state index in [1.165, 1.54) is 7.11 Å². The van der Waals surface area contributed by atoms with Gasteiger partial charge in [-0.1, -0.05) is 13.0 Å². The standard InChI is InChI=1S/C13H15F2NO2/c1-3-9(13(17)18-2)6-7-16-12-8-10(14)4-5-11(12)15/h4-6,8,16H,3,7H2,1-2H3/b9-6-. The van der Waals surface area contributed by atoms with Gasteiger partial charge in [0.2, 0.25) is 0 Å². The number of hydrogen-bond acceptors (Lipinski definition) is 3. The molecule has 0 radical (unpaired) electrons. The number of nitrogens with one attached hydrogen (secondary N) is 1. The van der Waals surface area contributed by atoms with Gasteiger partial charge in [-0.05, 0) is 24.6 Å². The van der Waals surface area contributed by atoms with Crippen LogP contribution in [-0.4, -0.2) is 19.6 Å². The van der Waals surface area contributed by atoms with Crippen LogP contribution in [0.3, 0.4) is 0 Å². The van der Waals surface area contributed by atoms with Crippen molar-refractivity contribution in [3.63, 3.8) is 0 Å². The van der Waals surface area contributed by atoms with E-state index in [0.717, 1.165) is 18.2 Å². The third-order valence-corrected chi connectivity index (χ3v) is 2.40. The normalized spacial score (nSPS) is 11.2. The van der Waals surface area contributed by atoms with Crippen LogP contribution in [-0.2, 0) is 9.53 Å². The van der Waals surface area contributed by atoms with Crippen LogP contribution in [0, 0.1) is 11.6 Å². The van der Waals surface area contributed by atoms with E-state index >= 15 is 0 Å². The largest absolute Gasteiger partial charge is 0.466 e. The topological polar surface area (TPSA) is 38.3 Å². The molecule has 5 heteroatoms. The van der Waals surface area contributed by atoms with Crippen LogP contribution in [0.15, 0.2) is 29.8 Å². The minimum absolute atomic E-state index is 0.0616. The van der Waals surface area contributed by atoms with Crippen molar-refractivity contribution in [3.8, 4) is 0 Å². The number of carbonyl (C=O) groups excluding carboxylic acids is 1. The Labute approximate surface area is 104 Å². The van der Waals surface area contributed by atoms with Crippen molar-refractivity contribution in [3.05, 3.63) is 41.5 Å². The third kappa shape index (κ3) is 3.84. The van der Waals surface area contributed by atoms with Gasteiger partial charge >= 0.3 is 5.97 Å². The monoisotopic (exact) mass is 255 g/mol. The lowest BCUT2D eigenvalue weighted by Gasteiger charge is -2.06. The van der Waals surface area contributed by atoms with Gasteiger partial charge in [0.1, 0.15) is 11.6 Å². The molecule has 3 nitrogen and oxygen atoms in total. The zero-order chi connectivity index (χ0) is 13.5. The van der Waals surface area contributed by atoms with Crippen LogP contribution in [0.4, 0.5) is 14.5 Å². The molecule has 98 valence electrons. The Balaban J connectivity index is 2.67. The van der Waals surface area contributed by atoms with Crippen molar-refractivity contribution < 1.29 is 18.3 Å². The maximum atomic E-state index is 13.3. The first-order chi connectivity index (χ1) is 8.58. The molecule has 0 aliphatic heterocycles. The summed E-state index contributed by atoms with van der Waals surface area (Å²) >= 11 is 0. The molecule has 0 aromatic heterocycles. The molecule has 0 saturated carbocycles. The smallest absolute Gasteiger partial charge is 0.333 e. The lowest BCUT2D eigenvalue weighted by molar-refractivity contribution is -0.136. The van der Waals surface area contributed by atoms with Gasteiger partial charge in [-0.25, -0.2) is 13.6 Å². The number of halogens is 2. The molecule has 0 amide bonds. The summed E-state index contributed by atoms with van der Waals surface area (Å²) in [6.07, 6.45) is 2.11. The number of anilines is 1. The lowest BCUT2D eigenvalue weighted by atomic mass is 10.2. The van der Waals surface area contributed by atoms with Crippen LogP contribution in [0.1, 0.15) is 13.3 Å². The average molecular weight is 255 g/mol. The molecule has 0 saturated heterocycles. The van der Waals surface area contributed by atoms with Crippen LogP contribution < -0.4 is 5.32 Å². The van der Waals surface area contributed by atoms with Crippen molar-refractivity contribution in [2.45, 2.75) is 13.3 Å². The Morgan fingerprint density at radius 2 is 2.17 bits per heavy atom. The maximum absolute atomic E-state index is 13.3. The van der Waals surface area contributed by atoms with Crippen molar-refractivity contribution in [1.82, 2.24) is 0 Å². The molecule has 0 aliphatic rings. The van der Waals surface area contributed by atoms with Crippen LogP contribution in [0.5, 0.6) is 0 Å². The highest BCUT2D eigenvalue weighted by Gasteiger charge is 2.06. The van der Waals surface area contributed by atoms with Crippen molar-refractivity contribution in [1.29, 1.82) is 0 Å². The van der Waals surface area contributed by atoms with Gasteiger partial charge in [-0.3, -0.25) is 0 Å². The molecule has 1 rings (SSSR count). The summed E-state index contributed by atoms with van der Waals surface area (Å²) in [4.78, 5) is 11.3. The molecular formula is C13H15F2NO2. The highest BCUT2D eigenvalue weighted by Crippen LogP contribution is 2.15. The van der Waals surface area contributed by atoms with E-state index < -0.39 is 17.6 Å². The molecule has 1 aromatic rings. The minimum atomic E-state index is -0.541. The van der Waals surface area contributed by atoms with Gasteiger partial charge in [0.25, 0.3) is 0 Å². The number of carbonyl (C=O) groups is 1. The first-order valence-electron chi connectivity index (χ1n) is 5.54. The molecule has 0 unspecified atom stereocenters. The first kappa shape index (κ1) is 14.2. The lowest BCUT2D eigenvalue weighted by Crippen LogP contribution is -2.08. The fourth-order valence-electron chi connectivity index (χ4n) is 1.42. The molecule has 0 heterocycles. The molecule has 1 aromatic carbocycles. The fourth-order valence-corrected chi connectivity index (χ4v) is 1.42. The molecule has 0 fully saturated rings. The van der Waals surface area contributed by atoms with E-state index in [-0.39, 0.29) is 12.2 Å². The van der Waals surface area contributed by atoms with Crippen LogP contribution >= 0.6 is 0 Å². The van der Waals surface area contributed by atoms with Gasteiger partial charge in [-0.15, -0.1) is 0 Å². The van der Waals surface area contributed by atoms with Crippen LogP contribution in [0.25, 0.3) is 0 Å². The number of hydrogen-bond donors (Lipinski definition) is 1. The van der Waals surface area contributed by atoms with Crippen LogP contribution in [0.2, 0.25) is 0 Å². The van der Waals surface area contributed by atoms with Crippen molar-refractivity contribution in [2.75, 3.05) is 19.0 Å². The summed E-state index contributed by atoms with van der Waals surface area (Å²) in [6.45, 7) is 2.03. The van der Waals surface area contributed by atoms with Gasteiger partial charge in [0.15, 0.2) is 0 Å². The van der Waals surface area contributed by atoms with E-state index in [4.69, 9.17) is 0 Å². The van der Waals surface area contributed by atoms with Gasteiger partial charge < -0.3 is 10.1 Å². The van der Waals surface area contributed by atoms with Gasteiger partial charge in [0.05, 0.1) is 12.8 Å². The second kappa shape index (κ2) is 6.74. The predicted octanol–water partition coefficient (Wildman–Crippen LogP) is 2.89. The summed E-state index contributed by atoms with van der Waals surface area (Å²) < 4.78 is 30.7.